The van der Waals surface area contributed by atoms with Gasteiger partial charge in [0.05, 0.1) is 39.3 Å². The van der Waals surface area contributed by atoms with Gasteiger partial charge in [-0.05, 0) is 154 Å². The third-order valence-corrected chi connectivity index (χ3v) is 15.8. The Kier molecular flexibility index (Phi) is 69.1. The van der Waals surface area contributed by atoms with Crippen molar-refractivity contribution in [3.05, 3.63) is 243 Å². The topological polar surface area (TPSA) is 237 Å². The van der Waals surface area contributed by atoms with Crippen LogP contribution in [0.15, 0.2) is 243 Å². The van der Waals surface area contributed by atoms with E-state index in [9.17, 15) is 43.2 Å². The first-order valence-corrected chi connectivity index (χ1v) is 40.3. The van der Waals surface area contributed by atoms with Gasteiger partial charge in [-0.3, -0.25) is 37.3 Å². The van der Waals surface area contributed by atoms with E-state index in [0.29, 0.717) is 38.5 Å². The highest BCUT2D eigenvalue weighted by Crippen LogP contribution is 2.45. The second-order valence-corrected chi connectivity index (χ2v) is 26.3. The number of ether oxygens (including phenoxy) is 4. The van der Waals surface area contributed by atoms with Crippen molar-refractivity contribution in [1.29, 1.82) is 0 Å². The molecular weight excluding hydrogens is 1350 g/mol. The van der Waals surface area contributed by atoms with Gasteiger partial charge in [-0.1, -0.05) is 271 Å². The molecule has 578 valence electrons. The number of carbonyl (C=O) groups excluding carboxylic acids is 4. The molecule has 3 N–H and O–H groups in total. The Morgan fingerprint density at radius 3 is 0.846 bits per heavy atom. The number of hydrogen-bond donors (Lipinski definition) is 3. The fourth-order valence-corrected chi connectivity index (χ4v) is 9.96. The second kappa shape index (κ2) is 74.1. The minimum absolute atomic E-state index is 0.00213. The van der Waals surface area contributed by atoms with E-state index in [-0.39, 0.29) is 25.7 Å². The number of hydrogen-bond acceptors (Lipinski definition) is 15. The SMILES string of the molecule is CC/C=C\C/C=C\C/C=C\C/C=C\C/C=C\C/C=C\CCC(=O)OCC(COP(=O)(O)OCC(O)COP(=O)(O)OCC(COC(=O)C/C=C\C/C=C\C/C=C\C/C=C\C/C=C\CC)OC(=O)CCCC/C=C\C/C=C\C/C=C\C/C=C\CC)OC(=O)C/C=C\C/C=C\C/C=C\C/C=C\C/C=C\CC. The van der Waals surface area contributed by atoms with Gasteiger partial charge >= 0.3 is 39.5 Å². The average molecular weight is 1480 g/mol. The largest absolute Gasteiger partial charge is 0.472 e. The van der Waals surface area contributed by atoms with Gasteiger partial charge in [0, 0.05) is 12.8 Å². The highest BCUT2D eigenvalue weighted by Gasteiger charge is 2.30. The molecule has 0 heterocycles. The number of phosphoric ester groups is 2. The van der Waals surface area contributed by atoms with Gasteiger partial charge in [-0.2, -0.15) is 0 Å². The quantitative estimate of drug-likeness (QED) is 0.0169. The summed E-state index contributed by atoms with van der Waals surface area (Å²) in [5, 5.41) is 10.6. The van der Waals surface area contributed by atoms with Crippen LogP contribution in [0.5, 0.6) is 0 Å². The maximum atomic E-state index is 13.1. The summed E-state index contributed by atoms with van der Waals surface area (Å²) in [6.45, 7) is 3.96. The van der Waals surface area contributed by atoms with Crippen molar-refractivity contribution < 1.29 is 80.2 Å². The predicted octanol–water partition coefficient (Wildman–Crippen LogP) is 21.7. The van der Waals surface area contributed by atoms with Gasteiger partial charge in [0.15, 0.2) is 12.2 Å². The zero-order chi connectivity index (χ0) is 76.0. The minimum atomic E-state index is -5.04. The van der Waals surface area contributed by atoms with Crippen LogP contribution in [-0.4, -0.2) is 96.7 Å². The number of unbranched alkanes of at least 4 members (excludes halogenated alkanes) is 2. The Bertz CT molecular complexity index is 2940. The van der Waals surface area contributed by atoms with Crippen molar-refractivity contribution >= 4 is 39.5 Å². The highest BCUT2D eigenvalue weighted by molar-refractivity contribution is 7.47. The molecule has 17 nitrogen and oxygen atoms in total. The summed E-state index contributed by atoms with van der Waals surface area (Å²) in [5.74, 6) is -2.66. The van der Waals surface area contributed by atoms with E-state index in [2.05, 4.69) is 198 Å². The smallest absolute Gasteiger partial charge is 0.462 e. The Morgan fingerprint density at radius 2 is 0.529 bits per heavy atom. The van der Waals surface area contributed by atoms with Crippen LogP contribution in [0, 0.1) is 0 Å². The number of carbonyl (C=O) groups is 4. The Hall–Kier alpha value is -7.14. The summed E-state index contributed by atoms with van der Waals surface area (Å²) < 4.78 is 68.0. The molecule has 0 bridgehead atoms. The highest BCUT2D eigenvalue weighted by atomic mass is 31.2. The molecule has 0 aromatic carbocycles. The lowest BCUT2D eigenvalue weighted by Crippen LogP contribution is -2.30. The van der Waals surface area contributed by atoms with E-state index >= 15 is 0 Å². The zero-order valence-electron chi connectivity index (χ0n) is 62.8. The molecule has 0 aliphatic heterocycles. The summed E-state index contributed by atoms with van der Waals surface area (Å²) >= 11 is 0. The molecule has 0 aliphatic rings. The van der Waals surface area contributed by atoms with Crippen LogP contribution in [-0.2, 0) is 65.4 Å². The number of aliphatic hydroxyl groups excluding tert-OH is 1. The van der Waals surface area contributed by atoms with E-state index in [0.717, 1.165) is 116 Å². The monoisotopic (exact) mass is 1480 g/mol. The number of esters is 4. The first kappa shape index (κ1) is 96.9. The van der Waals surface area contributed by atoms with Crippen molar-refractivity contribution in [3.63, 3.8) is 0 Å². The van der Waals surface area contributed by atoms with Crippen molar-refractivity contribution in [2.24, 2.45) is 0 Å². The first-order valence-electron chi connectivity index (χ1n) is 37.3. The Balaban J connectivity index is 5.63. The summed E-state index contributed by atoms with van der Waals surface area (Å²) in [5.41, 5.74) is 0. The molecule has 0 aromatic heterocycles. The van der Waals surface area contributed by atoms with E-state index in [4.69, 9.17) is 37.0 Å². The summed E-state index contributed by atoms with van der Waals surface area (Å²) in [7, 11) is -10.1. The number of rotatable bonds is 66. The molecule has 5 unspecified atom stereocenters. The van der Waals surface area contributed by atoms with Crippen LogP contribution in [0.1, 0.15) is 207 Å². The molecule has 5 atom stereocenters. The van der Waals surface area contributed by atoms with Crippen LogP contribution in [0.25, 0.3) is 0 Å². The minimum Gasteiger partial charge on any atom is -0.462 e. The maximum absolute atomic E-state index is 13.1. The standard InChI is InChI=1S/C85H126O17P2/c1-5-9-13-17-21-25-29-33-37-38-39-40-44-46-50-54-58-62-66-70-83(88)96-76-81(102-85(90)72-68-64-60-56-52-48-43-36-32-28-24-20-16-12-8-4)78-100-104(93,94)98-74-79(86)73-97-103(91,92)99-77-80(101-84(89)71-67-63-59-55-51-47-42-35-31-27-23-19-15-11-7-3)75-95-82(87)69-65-61-57-53-49-45-41-34-30-26-22-18-14-10-6-2/h9-16,21-28,33-37,39-43,46,49-53,55-56,58,61-62,64-65,68,79-81,86H,5-8,17-20,29-32,38,44-45,47-48,54,57,59-60,63,66-67,69-78H2,1-4H3,(H,91,92)(H,93,94)/b13-9-,14-10-,15-11-,16-12-,25-21-,26-22-,27-23-,28-24-,37-33-,40-39-,41-34-,42-35-,43-36-,50-46-,53-49-,55-51-,56-52-,62-58-,65-61-,68-64-. The van der Waals surface area contributed by atoms with Crippen LogP contribution in [0.2, 0.25) is 0 Å². The summed E-state index contributed by atoms with van der Waals surface area (Å²) in [6.07, 6.45) is 96.7. The number of phosphoric acid groups is 2. The number of aliphatic hydroxyl groups is 1. The molecule has 0 saturated heterocycles. The molecule has 0 rings (SSSR count). The predicted molar refractivity (Wildman–Crippen MR) is 426 cm³/mol. The lowest BCUT2D eigenvalue weighted by molar-refractivity contribution is -0.160. The molecule has 0 fully saturated rings. The van der Waals surface area contributed by atoms with Crippen molar-refractivity contribution in [2.75, 3.05) is 39.6 Å². The first-order chi connectivity index (χ1) is 50.7. The Labute approximate surface area is 625 Å². The molecule has 0 saturated carbocycles. The fraction of sp³-hybridized carbons (Fsp3) is 0.482. The lowest BCUT2D eigenvalue weighted by Gasteiger charge is -2.21. The summed E-state index contributed by atoms with van der Waals surface area (Å²) in [6, 6.07) is 0. The molecule has 0 aliphatic carbocycles. The van der Waals surface area contributed by atoms with Crippen molar-refractivity contribution in [3.8, 4) is 0 Å². The zero-order valence-corrected chi connectivity index (χ0v) is 64.6. The molecular formula is C85H126O17P2. The van der Waals surface area contributed by atoms with E-state index < -0.39 is 97.5 Å². The third kappa shape index (κ3) is 73.2. The summed E-state index contributed by atoms with van der Waals surface area (Å²) in [4.78, 5) is 72.7. The molecule has 19 heteroatoms. The molecule has 0 aromatic rings. The average Bonchev–Trinajstić information content (AvgIpc) is 0.918. The molecule has 0 radical (unpaired) electrons. The van der Waals surface area contributed by atoms with Crippen LogP contribution in [0.3, 0.4) is 0 Å². The normalized spacial score (nSPS) is 15.3. The van der Waals surface area contributed by atoms with Crippen LogP contribution < -0.4 is 0 Å². The van der Waals surface area contributed by atoms with Crippen molar-refractivity contribution in [1.82, 2.24) is 0 Å². The van der Waals surface area contributed by atoms with Gasteiger partial charge in [-0.25, -0.2) is 9.13 Å². The lowest BCUT2D eigenvalue weighted by atomic mass is 10.2. The third-order valence-electron chi connectivity index (χ3n) is 13.9. The van der Waals surface area contributed by atoms with Crippen LogP contribution >= 0.6 is 15.6 Å². The number of allylic oxidation sites excluding steroid dienone is 38. The van der Waals surface area contributed by atoms with E-state index in [1.807, 2.05) is 54.7 Å². The molecule has 0 spiro atoms. The van der Waals surface area contributed by atoms with E-state index in [1.54, 1.807) is 18.2 Å². The van der Waals surface area contributed by atoms with E-state index in [1.165, 1.54) is 0 Å². The van der Waals surface area contributed by atoms with Gasteiger partial charge in [-0.15, -0.1) is 0 Å². The van der Waals surface area contributed by atoms with Gasteiger partial charge < -0.3 is 33.8 Å². The van der Waals surface area contributed by atoms with Gasteiger partial charge in [0.25, 0.3) is 0 Å². The van der Waals surface area contributed by atoms with Crippen LogP contribution in [0.4, 0.5) is 0 Å². The van der Waals surface area contributed by atoms with Gasteiger partial charge in [0.2, 0.25) is 0 Å². The van der Waals surface area contributed by atoms with Crippen molar-refractivity contribution in [2.45, 2.75) is 226 Å². The maximum Gasteiger partial charge on any atom is 0.472 e. The second-order valence-electron chi connectivity index (χ2n) is 23.4. The molecule has 104 heavy (non-hydrogen) atoms. The van der Waals surface area contributed by atoms with Gasteiger partial charge in [0.1, 0.15) is 19.3 Å². The fourth-order valence-electron chi connectivity index (χ4n) is 8.38. The Morgan fingerprint density at radius 1 is 0.279 bits per heavy atom. The molecule has 0 amide bonds.